The van der Waals surface area contributed by atoms with Crippen molar-refractivity contribution in [2.75, 3.05) is 5.43 Å². The maximum Gasteiger partial charge on any atom is 0.186 e. The van der Waals surface area contributed by atoms with Crippen molar-refractivity contribution in [1.82, 2.24) is 0 Å². The molecule has 0 fully saturated rings. The van der Waals surface area contributed by atoms with E-state index < -0.39 is 11.1 Å². The first kappa shape index (κ1) is 9.47. The minimum absolute atomic E-state index is 0.249. The van der Waals surface area contributed by atoms with Crippen LogP contribution in [0.2, 0.25) is 5.02 Å². The number of hydrogen-bond acceptors (Lipinski definition) is 3. The Balaban J connectivity index is 3.10. The zero-order valence-corrected chi connectivity index (χ0v) is 7.52. The van der Waals surface area contributed by atoms with Gasteiger partial charge < -0.3 is 9.98 Å². The molecule has 0 spiro atoms. The van der Waals surface area contributed by atoms with E-state index in [0.717, 1.165) is 0 Å². The fourth-order valence-electron chi connectivity index (χ4n) is 0.722. The van der Waals surface area contributed by atoms with Crippen molar-refractivity contribution in [2.45, 2.75) is 4.90 Å². The van der Waals surface area contributed by atoms with E-state index in [-0.39, 0.29) is 4.90 Å². The molecular formula is C6H7ClN2O2S. The van der Waals surface area contributed by atoms with Crippen molar-refractivity contribution < 1.29 is 8.76 Å². The van der Waals surface area contributed by atoms with Gasteiger partial charge in [-0.15, -0.1) is 0 Å². The number of benzene rings is 1. The number of nitrogen functional groups attached to an aromatic ring is 1. The van der Waals surface area contributed by atoms with Gasteiger partial charge in [0.15, 0.2) is 11.1 Å². The van der Waals surface area contributed by atoms with Crippen LogP contribution in [-0.2, 0) is 11.1 Å². The van der Waals surface area contributed by atoms with Crippen LogP contribution in [0.15, 0.2) is 23.1 Å². The van der Waals surface area contributed by atoms with Crippen LogP contribution in [0.1, 0.15) is 0 Å². The van der Waals surface area contributed by atoms with Gasteiger partial charge in [-0.3, -0.25) is 5.84 Å². The molecule has 0 aliphatic heterocycles. The maximum atomic E-state index is 10.6. The van der Waals surface area contributed by atoms with Crippen LogP contribution >= 0.6 is 11.6 Å². The van der Waals surface area contributed by atoms with Gasteiger partial charge >= 0.3 is 0 Å². The topological polar surface area (TPSA) is 75.3 Å². The van der Waals surface area contributed by atoms with Gasteiger partial charge in [-0.1, -0.05) is 11.6 Å². The molecular weight excluding hydrogens is 200 g/mol. The standard InChI is InChI=1S/C6H7ClN2O2S/c7-5-3-4(12(10)11)1-2-6(5)9-8/h1-3,9H,8H2,(H,10,11). The average Bonchev–Trinajstić information content (AvgIpc) is 2.04. The van der Waals surface area contributed by atoms with Crippen molar-refractivity contribution in [1.29, 1.82) is 0 Å². The fraction of sp³-hybridized carbons (Fsp3) is 0. The molecule has 0 aromatic heterocycles. The van der Waals surface area contributed by atoms with Gasteiger partial charge in [0.25, 0.3) is 0 Å². The maximum absolute atomic E-state index is 10.6. The minimum Gasteiger partial charge on any atom is -0.323 e. The van der Waals surface area contributed by atoms with Crippen LogP contribution in [-0.4, -0.2) is 8.76 Å². The predicted octanol–water partition coefficient (Wildman–Crippen LogP) is 1.21. The summed E-state index contributed by atoms with van der Waals surface area (Å²) in [5.74, 6) is 5.10. The summed E-state index contributed by atoms with van der Waals surface area (Å²) in [5.41, 5.74) is 2.87. The molecule has 1 atom stereocenters. The van der Waals surface area contributed by atoms with E-state index >= 15 is 0 Å². The zero-order chi connectivity index (χ0) is 9.14. The normalized spacial score (nSPS) is 12.6. The number of nitrogens with two attached hydrogens (primary N) is 1. The smallest absolute Gasteiger partial charge is 0.186 e. The number of rotatable bonds is 2. The van der Waals surface area contributed by atoms with Gasteiger partial charge in [-0.25, -0.2) is 4.21 Å². The third-order valence-corrected chi connectivity index (χ3v) is 2.27. The molecule has 4 nitrogen and oxygen atoms in total. The molecule has 1 unspecified atom stereocenters. The van der Waals surface area contributed by atoms with Gasteiger partial charge in [-0.05, 0) is 18.2 Å². The largest absolute Gasteiger partial charge is 0.323 e. The van der Waals surface area contributed by atoms with Crippen LogP contribution in [0.25, 0.3) is 0 Å². The highest BCUT2D eigenvalue weighted by Crippen LogP contribution is 2.22. The number of hydrazine groups is 1. The molecule has 0 saturated heterocycles. The second-order valence-corrected chi connectivity index (χ2v) is 3.41. The van der Waals surface area contributed by atoms with Crippen LogP contribution in [0, 0.1) is 0 Å². The Morgan fingerprint density at radius 2 is 2.25 bits per heavy atom. The van der Waals surface area contributed by atoms with Gasteiger partial charge in [0.2, 0.25) is 0 Å². The van der Waals surface area contributed by atoms with E-state index in [9.17, 15) is 4.21 Å². The summed E-state index contributed by atoms with van der Waals surface area (Å²) in [6.45, 7) is 0. The Labute approximate surface area is 77.0 Å². The van der Waals surface area contributed by atoms with E-state index in [1.165, 1.54) is 18.2 Å². The lowest BCUT2D eigenvalue weighted by Crippen LogP contribution is -2.07. The van der Waals surface area contributed by atoms with Gasteiger partial charge in [-0.2, -0.15) is 0 Å². The first-order valence-corrected chi connectivity index (χ1v) is 4.50. The van der Waals surface area contributed by atoms with Crippen molar-refractivity contribution in [3.05, 3.63) is 23.2 Å². The van der Waals surface area contributed by atoms with E-state index in [2.05, 4.69) is 5.43 Å². The zero-order valence-electron chi connectivity index (χ0n) is 5.95. The van der Waals surface area contributed by atoms with Gasteiger partial charge in [0.1, 0.15) is 0 Å². The first-order chi connectivity index (χ1) is 5.65. The lowest BCUT2D eigenvalue weighted by molar-refractivity contribution is 0.564. The molecule has 0 bridgehead atoms. The molecule has 12 heavy (non-hydrogen) atoms. The lowest BCUT2D eigenvalue weighted by Gasteiger charge is -2.02. The van der Waals surface area contributed by atoms with Gasteiger partial charge in [0, 0.05) is 0 Å². The second kappa shape index (κ2) is 3.86. The summed E-state index contributed by atoms with van der Waals surface area (Å²) >= 11 is 3.68. The molecule has 0 aliphatic rings. The van der Waals surface area contributed by atoms with E-state index in [0.29, 0.717) is 10.7 Å². The molecule has 1 rings (SSSR count). The van der Waals surface area contributed by atoms with Crippen molar-refractivity contribution >= 4 is 28.4 Å². The number of anilines is 1. The summed E-state index contributed by atoms with van der Waals surface area (Å²) in [7, 11) is 0. The van der Waals surface area contributed by atoms with Crippen molar-refractivity contribution in [2.24, 2.45) is 5.84 Å². The van der Waals surface area contributed by atoms with Gasteiger partial charge in [0.05, 0.1) is 15.6 Å². The Kier molecular flexibility index (Phi) is 3.05. The Morgan fingerprint density at radius 1 is 1.58 bits per heavy atom. The highest BCUT2D eigenvalue weighted by atomic mass is 35.5. The van der Waals surface area contributed by atoms with E-state index in [1.54, 1.807) is 0 Å². The number of hydrogen-bond donors (Lipinski definition) is 3. The molecule has 6 heteroatoms. The van der Waals surface area contributed by atoms with Crippen LogP contribution in [0.5, 0.6) is 0 Å². The lowest BCUT2D eigenvalue weighted by atomic mass is 10.3. The molecule has 0 radical (unpaired) electrons. The molecule has 0 heterocycles. The molecule has 4 N–H and O–H groups in total. The molecule has 0 saturated carbocycles. The monoisotopic (exact) mass is 206 g/mol. The Bertz CT molecular complexity index is 318. The number of halogens is 1. The summed E-state index contributed by atoms with van der Waals surface area (Å²) in [6, 6.07) is 4.38. The number of nitrogens with one attached hydrogen (secondary N) is 1. The highest BCUT2D eigenvalue weighted by molar-refractivity contribution is 7.79. The molecule has 1 aromatic rings. The summed E-state index contributed by atoms with van der Waals surface area (Å²) in [5, 5.41) is 0.317. The molecule has 0 aliphatic carbocycles. The first-order valence-electron chi connectivity index (χ1n) is 3.02. The van der Waals surface area contributed by atoms with Crippen molar-refractivity contribution in [3.63, 3.8) is 0 Å². The Hall–Kier alpha value is -0.620. The summed E-state index contributed by atoms with van der Waals surface area (Å²) in [4.78, 5) is 0.249. The molecule has 1 aromatic carbocycles. The third-order valence-electron chi connectivity index (χ3n) is 1.30. The Morgan fingerprint density at radius 3 is 2.67 bits per heavy atom. The molecule has 66 valence electrons. The SMILES string of the molecule is NNc1ccc(S(=O)O)cc1Cl. The second-order valence-electron chi connectivity index (χ2n) is 2.04. The van der Waals surface area contributed by atoms with Crippen LogP contribution in [0.3, 0.4) is 0 Å². The van der Waals surface area contributed by atoms with Crippen LogP contribution < -0.4 is 11.3 Å². The summed E-state index contributed by atoms with van der Waals surface area (Å²) < 4.78 is 19.2. The van der Waals surface area contributed by atoms with Crippen molar-refractivity contribution in [3.8, 4) is 0 Å². The minimum atomic E-state index is -2.00. The highest BCUT2D eigenvalue weighted by Gasteiger charge is 2.03. The summed E-state index contributed by atoms with van der Waals surface area (Å²) in [6.07, 6.45) is 0. The van der Waals surface area contributed by atoms with Crippen LogP contribution in [0.4, 0.5) is 5.69 Å². The quantitative estimate of drug-likeness (QED) is 0.386. The average molecular weight is 207 g/mol. The predicted molar refractivity (Wildman–Crippen MR) is 48.3 cm³/mol. The van der Waals surface area contributed by atoms with E-state index in [1.807, 2.05) is 0 Å². The van der Waals surface area contributed by atoms with E-state index in [4.69, 9.17) is 22.0 Å². The fourth-order valence-corrected chi connectivity index (χ4v) is 1.42. The third kappa shape index (κ3) is 1.95. The molecule has 0 amide bonds.